The van der Waals surface area contributed by atoms with Crippen LogP contribution in [0.1, 0.15) is 24.3 Å². The van der Waals surface area contributed by atoms with Crippen molar-refractivity contribution in [2.24, 2.45) is 0 Å². The van der Waals surface area contributed by atoms with Gasteiger partial charge in [-0.15, -0.1) is 0 Å². The lowest BCUT2D eigenvalue weighted by Gasteiger charge is -2.12. The molecule has 1 atom stereocenters. The Balaban J connectivity index is 1.98. The van der Waals surface area contributed by atoms with Gasteiger partial charge in [0.2, 0.25) is 5.91 Å². The molecule has 0 aliphatic carbocycles. The smallest absolute Gasteiger partial charge is 0.225 e. The molecule has 5 heteroatoms. The zero-order valence-electron chi connectivity index (χ0n) is 10.3. The highest BCUT2D eigenvalue weighted by Gasteiger charge is 2.13. The maximum absolute atomic E-state index is 11.9. The second-order valence-corrected chi connectivity index (χ2v) is 5.06. The Morgan fingerprint density at radius 3 is 2.79 bits per heavy atom. The van der Waals surface area contributed by atoms with Crippen molar-refractivity contribution in [3.8, 4) is 0 Å². The van der Waals surface area contributed by atoms with E-state index in [0.717, 1.165) is 11.3 Å². The number of furan rings is 1. The molecule has 0 saturated heterocycles. The molecule has 0 spiro atoms. The van der Waals surface area contributed by atoms with Crippen molar-refractivity contribution in [3.63, 3.8) is 0 Å². The van der Waals surface area contributed by atoms with Crippen LogP contribution in [0.4, 0.5) is 0 Å². The van der Waals surface area contributed by atoms with E-state index < -0.39 is 0 Å². The van der Waals surface area contributed by atoms with Crippen LogP contribution in [0.15, 0.2) is 41.0 Å². The summed E-state index contributed by atoms with van der Waals surface area (Å²) in [6, 6.07) is 8.53. The highest BCUT2D eigenvalue weighted by Crippen LogP contribution is 2.21. The van der Waals surface area contributed by atoms with Crippen molar-refractivity contribution in [1.82, 2.24) is 5.32 Å². The maximum Gasteiger partial charge on any atom is 0.225 e. The summed E-state index contributed by atoms with van der Waals surface area (Å²) >= 11 is 11.8. The fourth-order valence-corrected chi connectivity index (χ4v) is 2.21. The summed E-state index contributed by atoms with van der Waals surface area (Å²) in [5.74, 6) is 0.601. The number of halogens is 2. The molecule has 1 heterocycles. The molecular formula is C14H13Cl2NO2. The first-order chi connectivity index (χ1) is 9.06. The van der Waals surface area contributed by atoms with E-state index in [0.29, 0.717) is 10.0 Å². The van der Waals surface area contributed by atoms with E-state index in [9.17, 15) is 4.79 Å². The van der Waals surface area contributed by atoms with Crippen molar-refractivity contribution >= 4 is 29.1 Å². The number of rotatable bonds is 4. The monoisotopic (exact) mass is 297 g/mol. The lowest BCUT2D eigenvalue weighted by Crippen LogP contribution is -2.27. The topological polar surface area (TPSA) is 42.2 Å². The van der Waals surface area contributed by atoms with E-state index in [4.69, 9.17) is 27.6 Å². The first kappa shape index (κ1) is 14.0. The summed E-state index contributed by atoms with van der Waals surface area (Å²) in [6.07, 6.45) is 1.79. The highest BCUT2D eigenvalue weighted by atomic mass is 35.5. The second kappa shape index (κ2) is 6.13. The predicted octanol–water partition coefficient (Wildman–Crippen LogP) is 4.01. The van der Waals surface area contributed by atoms with Crippen LogP contribution in [0.5, 0.6) is 0 Å². The fourth-order valence-electron chi connectivity index (χ4n) is 1.74. The maximum atomic E-state index is 11.9. The minimum absolute atomic E-state index is 0.117. The summed E-state index contributed by atoms with van der Waals surface area (Å²) < 4.78 is 5.23. The van der Waals surface area contributed by atoms with Crippen LogP contribution in [-0.2, 0) is 11.2 Å². The van der Waals surface area contributed by atoms with Crippen molar-refractivity contribution in [2.45, 2.75) is 19.4 Å². The van der Waals surface area contributed by atoms with Crippen LogP contribution in [0, 0.1) is 0 Å². The van der Waals surface area contributed by atoms with Gasteiger partial charge in [-0.2, -0.15) is 0 Å². The van der Waals surface area contributed by atoms with Gasteiger partial charge < -0.3 is 9.73 Å². The third-order valence-corrected chi connectivity index (χ3v) is 3.30. The zero-order chi connectivity index (χ0) is 13.8. The van der Waals surface area contributed by atoms with Gasteiger partial charge in [0.05, 0.1) is 18.7 Å². The molecule has 19 heavy (non-hydrogen) atoms. The molecule has 100 valence electrons. The fraction of sp³-hybridized carbons (Fsp3) is 0.214. The molecular weight excluding hydrogens is 285 g/mol. The molecule has 2 aromatic rings. The average Bonchev–Trinajstić information content (AvgIpc) is 2.86. The number of amides is 1. The summed E-state index contributed by atoms with van der Waals surface area (Å²) in [5.41, 5.74) is 0.746. The molecule has 0 unspecified atom stereocenters. The van der Waals surface area contributed by atoms with E-state index in [1.165, 1.54) is 0 Å². The molecule has 0 fully saturated rings. The first-order valence-electron chi connectivity index (χ1n) is 5.83. The van der Waals surface area contributed by atoms with Gasteiger partial charge in [-0.3, -0.25) is 4.79 Å². The largest absolute Gasteiger partial charge is 0.467 e. The van der Waals surface area contributed by atoms with Crippen LogP contribution in [0.25, 0.3) is 0 Å². The molecule has 0 saturated carbocycles. The molecule has 0 bridgehead atoms. The molecule has 1 aromatic carbocycles. The van der Waals surface area contributed by atoms with E-state index in [-0.39, 0.29) is 18.4 Å². The van der Waals surface area contributed by atoms with Gasteiger partial charge in [0.1, 0.15) is 5.76 Å². The quantitative estimate of drug-likeness (QED) is 0.926. The van der Waals surface area contributed by atoms with E-state index in [1.54, 1.807) is 30.5 Å². The van der Waals surface area contributed by atoms with Gasteiger partial charge in [0, 0.05) is 10.0 Å². The number of carbonyl (C=O) groups excluding carboxylic acids is 1. The Labute approximate surface area is 121 Å². The Hall–Kier alpha value is -1.45. The number of hydrogen-bond donors (Lipinski definition) is 1. The molecule has 2 rings (SSSR count). The lowest BCUT2D eigenvalue weighted by atomic mass is 10.1. The summed E-state index contributed by atoms with van der Waals surface area (Å²) in [6.45, 7) is 1.86. The molecule has 0 radical (unpaired) electrons. The van der Waals surface area contributed by atoms with Crippen LogP contribution >= 0.6 is 23.2 Å². The van der Waals surface area contributed by atoms with Crippen LogP contribution < -0.4 is 5.32 Å². The van der Waals surface area contributed by atoms with Gasteiger partial charge in [0.25, 0.3) is 0 Å². The molecule has 1 N–H and O–H groups in total. The van der Waals surface area contributed by atoms with Crippen LogP contribution in [0.3, 0.4) is 0 Å². The van der Waals surface area contributed by atoms with E-state index in [1.807, 2.05) is 13.0 Å². The first-order valence-corrected chi connectivity index (χ1v) is 6.58. The summed E-state index contributed by atoms with van der Waals surface area (Å²) in [5, 5.41) is 3.90. The Morgan fingerprint density at radius 2 is 2.16 bits per heavy atom. The Morgan fingerprint density at radius 1 is 1.37 bits per heavy atom. The Bertz CT molecular complexity index is 567. The SMILES string of the molecule is C[C@@H](NC(=O)Cc1ccc(Cl)cc1Cl)c1ccco1. The van der Waals surface area contributed by atoms with Crippen molar-refractivity contribution in [1.29, 1.82) is 0 Å². The van der Waals surface area contributed by atoms with E-state index in [2.05, 4.69) is 5.32 Å². The minimum Gasteiger partial charge on any atom is -0.467 e. The second-order valence-electron chi connectivity index (χ2n) is 4.22. The number of nitrogens with one attached hydrogen (secondary N) is 1. The zero-order valence-corrected chi connectivity index (χ0v) is 11.8. The standard InChI is InChI=1S/C14H13Cl2NO2/c1-9(13-3-2-6-19-13)17-14(18)7-10-4-5-11(15)8-12(10)16/h2-6,8-9H,7H2,1H3,(H,17,18)/t9-/m1/s1. The third kappa shape index (κ3) is 3.75. The summed E-state index contributed by atoms with van der Waals surface area (Å²) in [7, 11) is 0. The average molecular weight is 298 g/mol. The van der Waals surface area contributed by atoms with Gasteiger partial charge in [-0.25, -0.2) is 0 Å². The predicted molar refractivity (Wildman–Crippen MR) is 75.4 cm³/mol. The third-order valence-electron chi connectivity index (χ3n) is 2.71. The molecule has 1 aromatic heterocycles. The molecule has 3 nitrogen and oxygen atoms in total. The number of carbonyl (C=O) groups is 1. The molecule has 0 aliphatic rings. The van der Waals surface area contributed by atoms with Crippen molar-refractivity contribution in [2.75, 3.05) is 0 Å². The molecule has 1 amide bonds. The van der Waals surface area contributed by atoms with Crippen molar-refractivity contribution < 1.29 is 9.21 Å². The van der Waals surface area contributed by atoms with Crippen molar-refractivity contribution in [3.05, 3.63) is 58.0 Å². The van der Waals surface area contributed by atoms with Gasteiger partial charge in [-0.1, -0.05) is 29.3 Å². The van der Waals surface area contributed by atoms with Gasteiger partial charge in [-0.05, 0) is 36.8 Å². The van der Waals surface area contributed by atoms with Gasteiger partial charge in [0.15, 0.2) is 0 Å². The Kier molecular flexibility index (Phi) is 4.51. The van der Waals surface area contributed by atoms with Gasteiger partial charge >= 0.3 is 0 Å². The van der Waals surface area contributed by atoms with Crippen LogP contribution in [0.2, 0.25) is 10.0 Å². The minimum atomic E-state index is -0.173. The highest BCUT2D eigenvalue weighted by molar-refractivity contribution is 6.35. The summed E-state index contributed by atoms with van der Waals surface area (Å²) in [4.78, 5) is 11.9. The lowest BCUT2D eigenvalue weighted by molar-refractivity contribution is -0.121. The normalized spacial score (nSPS) is 12.2. The van der Waals surface area contributed by atoms with E-state index >= 15 is 0 Å². The molecule has 0 aliphatic heterocycles. The van der Waals surface area contributed by atoms with Crippen LogP contribution in [-0.4, -0.2) is 5.91 Å². The number of hydrogen-bond acceptors (Lipinski definition) is 2. The number of benzene rings is 1.